The summed E-state index contributed by atoms with van der Waals surface area (Å²) in [4.78, 5) is 1.04. The molecule has 2 rings (SSSR count). The number of rotatable bonds is 1. The van der Waals surface area contributed by atoms with Crippen LogP contribution >= 0.6 is 22.9 Å². The van der Waals surface area contributed by atoms with Gasteiger partial charge in [-0.3, -0.25) is 0 Å². The van der Waals surface area contributed by atoms with Gasteiger partial charge >= 0.3 is 0 Å². The van der Waals surface area contributed by atoms with Crippen LogP contribution in [0.4, 0.5) is 5.69 Å². The van der Waals surface area contributed by atoms with Crippen molar-refractivity contribution in [3.8, 4) is 10.4 Å². The molecule has 0 radical (unpaired) electrons. The van der Waals surface area contributed by atoms with Crippen LogP contribution in [0.5, 0.6) is 0 Å². The van der Waals surface area contributed by atoms with Crippen LogP contribution in [0.3, 0.4) is 0 Å². The Labute approximate surface area is 85.8 Å². The molecule has 0 saturated heterocycles. The molecule has 0 unspecified atom stereocenters. The van der Waals surface area contributed by atoms with Gasteiger partial charge in [-0.15, -0.1) is 11.3 Å². The van der Waals surface area contributed by atoms with Crippen molar-refractivity contribution < 1.29 is 0 Å². The summed E-state index contributed by atoms with van der Waals surface area (Å²) in [6.07, 6.45) is 0. The number of nitrogen functional groups attached to an aromatic ring is 1. The smallest absolute Gasteiger partial charge is 0.0593 e. The Morgan fingerprint density at radius 1 is 1.15 bits per heavy atom. The summed E-state index contributed by atoms with van der Waals surface area (Å²) in [5.41, 5.74) is 7.62. The van der Waals surface area contributed by atoms with Crippen LogP contribution in [-0.4, -0.2) is 0 Å². The average Bonchev–Trinajstić information content (AvgIpc) is 2.52. The van der Waals surface area contributed by atoms with Gasteiger partial charge in [0.15, 0.2) is 0 Å². The number of hydrogen-bond acceptors (Lipinski definition) is 2. The Hall–Kier alpha value is -0.990. The molecule has 3 heteroatoms. The van der Waals surface area contributed by atoms with Crippen LogP contribution in [0.25, 0.3) is 10.4 Å². The van der Waals surface area contributed by atoms with E-state index in [-0.39, 0.29) is 0 Å². The Bertz CT molecular complexity index is 422. The number of halogens is 1. The molecule has 2 aromatic rings. The van der Waals surface area contributed by atoms with Crippen molar-refractivity contribution in [1.29, 1.82) is 0 Å². The van der Waals surface area contributed by atoms with E-state index in [2.05, 4.69) is 0 Å². The van der Waals surface area contributed by atoms with Crippen molar-refractivity contribution >= 4 is 28.6 Å². The maximum absolute atomic E-state index is 6.00. The summed E-state index contributed by atoms with van der Waals surface area (Å²) in [6, 6.07) is 9.62. The molecule has 13 heavy (non-hydrogen) atoms. The molecule has 0 amide bonds. The second kappa shape index (κ2) is 3.40. The van der Waals surface area contributed by atoms with E-state index in [1.807, 2.05) is 35.7 Å². The standard InChI is InChI=1S/C10H8ClNS/c11-8-5-6-13-10(8)7-3-1-2-4-9(7)12/h1-6H,12H2. The van der Waals surface area contributed by atoms with E-state index in [0.717, 1.165) is 21.2 Å². The van der Waals surface area contributed by atoms with Gasteiger partial charge in [0.05, 0.1) is 9.90 Å². The second-order valence-electron chi connectivity index (χ2n) is 2.68. The lowest BCUT2D eigenvalue weighted by molar-refractivity contribution is 1.67. The largest absolute Gasteiger partial charge is 0.398 e. The summed E-state index contributed by atoms with van der Waals surface area (Å²) in [5.74, 6) is 0. The first kappa shape index (κ1) is 8.60. The average molecular weight is 210 g/mol. The van der Waals surface area contributed by atoms with Crippen LogP contribution in [0.1, 0.15) is 0 Å². The number of para-hydroxylation sites is 1. The van der Waals surface area contributed by atoms with E-state index < -0.39 is 0 Å². The Kier molecular flexibility index (Phi) is 2.25. The zero-order valence-electron chi connectivity index (χ0n) is 6.83. The maximum atomic E-state index is 6.00. The fourth-order valence-electron chi connectivity index (χ4n) is 1.19. The fourth-order valence-corrected chi connectivity index (χ4v) is 2.40. The third kappa shape index (κ3) is 1.55. The Balaban J connectivity index is 2.59. The zero-order chi connectivity index (χ0) is 9.26. The monoisotopic (exact) mass is 209 g/mol. The number of nitrogens with two attached hydrogens (primary N) is 1. The van der Waals surface area contributed by atoms with Crippen LogP contribution in [-0.2, 0) is 0 Å². The molecule has 1 aromatic heterocycles. The minimum atomic E-state index is 0.767. The molecule has 0 atom stereocenters. The predicted octanol–water partition coefficient (Wildman–Crippen LogP) is 3.65. The molecule has 0 aliphatic carbocycles. The summed E-state index contributed by atoms with van der Waals surface area (Å²) >= 11 is 7.61. The first-order valence-electron chi connectivity index (χ1n) is 3.87. The highest BCUT2D eigenvalue weighted by molar-refractivity contribution is 7.14. The molecule has 1 aromatic carbocycles. The molecular formula is C10H8ClNS. The minimum Gasteiger partial charge on any atom is -0.398 e. The van der Waals surface area contributed by atoms with Crippen LogP contribution < -0.4 is 5.73 Å². The predicted molar refractivity (Wildman–Crippen MR) is 59.2 cm³/mol. The zero-order valence-corrected chi connectivity index (χ0v) is 8.40. The molecule has 1 nitrogen and oxygen atoms in total. The third-order valence-corrected chi connectivity index (χ3v) is 3.20. The van der Waals surface area contributed by atoms with E-state index in [0.29, 0.717) is 0 Å². The van der Waals surface area contributed by atoms with E-state index in [4.69, 9.17) is 17.3 Å². The first-order chi connectivity index (χ1) is 6.29. The van der Waals surface area contributed by atoms with Crippen LogP contribution in [0, 0.1) is 0 Å². The maximum Gasteiger partial charge on any atom is 0.0593 e. The van der Waals surface area contributed by atoms with Crippen molar-refractivity contribution in [3.63, 3.8) is 0 Å². The lowest BCUT2D eigenvalue weighted by Gasteiger charge is -2.02. The summed E-state index contributed by atoms with van der Waals surface area (Å²) in [5, 5.41) is 2.73. The van der Waals surface area contributed by atoms with Crippen molar-refractivity contribution in [2.45, 2.75) is 0 Å². The highest BCUT2D eigenvalue weighted by Crippen LogP contribution is 2.35. The van der Waals surface area contributed by atoms with E-state index in [1.165, 1.54) is 0 Å². The van der Waals surface area contributed by atoms with E-state index in [9.17, 15) is 0 Å². The topological polar surface area (TPSA) is 26.0 Å². The highest BCUT2D eigenvalue weighted by atomic mass is 35.5. The Morgan fingerprint density at radius 2 is 1.92 bits per heavy atom. The minimum absolute atomic E-state index is 0.767. The highest BCUT2D eigenvalue weighted by Gasteiger charge is 2.06. The molecular weight excluding hydrogens is 202 g/mol. The molecule has 0 aliphatic rings. The molecule has 1 heterocycles. The van der Waals surface area contributed by atoms with Crippen LogP contribution in [0.2, 0.25) is 5.02 Å². The van der Waals surface area contributed by atoms with Gasteiger partial charge in [-0.05, 0) is 17.5 Å². The third-order valence-electron chi connectivity index (χ3n) is 1.82. The van der Waals surface area contributed by atoms with Gasteiger partial charge in [0.2, 0.25) is 0 Å². The van der Waals surface area contributed by atoms with Gasteiger partial charge in [0.25, 0.3) is 0 Å². The van der Waals surface area contributed by atoms with Crippen LogP contribution in [0.15, 0.2) is 35.7 Å². The van der Waals surface area contributed by atoms with E-state index >= 15 is 0 Å². The molecule has 0 fully saturated rings. The molecule has 2 N–H and O–H groups in total. The normalized spacial score (nSPS) is 10.2. The van der Waals surface area contributed by atoms with E-state index in [1.54, 1.807) is 11.3 Å². The summed E-state index contributed by atoms with van der Waals surface area (Å²) in [6.45, 7) is 0. The molecule has 0 bridgehead atoms. The molecule has 66 valence electrons. The number of thiophene rings is 1. The molecule has 0 aliphatic heterocycles. The van der Waals surface area contributed by atoms with Crippen molar-refractivity contribution in [2.24, 2.45) is 0 Å². The first-order valence-corrected chi connectivity index (χ1v) is 5.12. The Morgan fingerprint density at radius 3 is 2.54 bits per heavy atom. The quantitative estimate of drug-likeness (QED) is 0.713. The van der Waals surface area contributed by atoms with Gasteiger partial charge in [-0.1, -0.05) is 29.8 Å². The van der Waals surface area contributed by atoms with Crippen molar-refractivity contribution in [3.05, 3.63) is 40.7 Å². The summed E-state index contributed by atoms with van der Waals surface area (Å²) in [7, 11) is 0. The van der Waals surface area contributed by atoms with Gasteiger partial charge < -0.3 is 5.73 Å². The summed E-state index contributed by atoms with van der Waals surface area (Å²) < 4.78 is 0. The molecule has 0 spiro atoms. The fraction of sp³-hybridized carbons (Fsp3) is 0. The van der Waals surface area contributed by atoms with Gasteiger partial charge in [-0.25, -0.2) is 0 Å². The molecule has 0 saturated carbocycles. The van der Waals surface area contributed by atoms with Crippen molar-refractivity contribution in [1.82, 2.24) is 0 Å². The number of hydrogen-bond donors (Lipinski definition) is 1. The number of anilines is 1. The van der Waals surface area contributed by atoms with Gasteiger partial charge in [-0.2, -0.15) is 0 Å². The van der Waals surface area contributed by atoms with Gasteiger partial charge in [0.1, 0.15) is 0 Å². The lowest BCUT2D eigenvalue weighted by Crippen LogP contribution is -1.87. The second-order valence-corrected chi connectivity index (χ2v) is 4.01. The SMILES string of the molecule is Nc1ccccc1-c1sccc1Cl. The van der Waals surface area contributed by atoms with Crippen molar-refractivity contribution in [2.75, 3.05) is 5.73 Å². The van der Waals surface area contributed by atoms with Gasteiger partial charge in [0, 0.05) is 11.3 Å². The lowest BCUT2D eigenvalue weighted by atomic mass is 10.1. The number of benzene rings is 1.